The summed E-state index contributed by atoms with van der Waals surface area (Å²) in [6, 6.07) is 5.96. The lowest BCUT2D eigenvalue weighted by Gasteiger charge is -2.15. The number of aliphatic hydroxyl groups excluding tert-OH is 2. The van der Waals surface area contributed by atoms with Gasteiger partial charge in [0.15, 0.2) is 0 Å². The van der Waals surface area contributed by atoms with E-state index in [1.54, 1.807) is 22.8 Å². The summed E-state index contributed by atoms with van der Waals surface area (Å²) in [5, 5.41) is 22.6. The summed E-state index contributed by atoms with van der Waals surface area (Å²) in [6.45, 7) is 5.02. The van der Waals surface area contributed by atoms with E-state index in [1.165, 1.54) is 6.07 Å². The van der Waals surface area contributed by atoms with Crippen LogP contribution in [0.2, 0.25) is 0 Å². The van der Waals surface area contributed by atoms with E-state index in [2.05, 4.69) is 11.9 Å². The zero-order chi connectivity index (χ0) is 20.3. The highest BCUT2D eigenvalue weighted by molar-refractivity contribution is 6.01. The smallest absolute Gasteiger partial charge is 0.336 e. The van der Waals surface area contributed by atoms with Crippen LogP contribution >= 0.6 is 0 Å². The molecular weight excluding hydrogens is 360 g/mol. The van der Waals surface area contributed by atoms with Gasteiger partial charge in [0, 0.05) is 34.2 Å². The van der Waals surface area contributed by atoms with Gasteiger partial charge in [-0.1, -0.05) is 18.7 Å². The summed E-state index contributed by atoms with van der Waals surface area (Å²) < 4.78 is 7.08. The van der Waals surface area contributed by atoms with Gasteiger partial charge in [-0.2, -0.15) is 0 Å². The molecule has 3 aromatic rings. The van der Waals surface area contributed by atoms with E-state index in [-0.39, 0.29) is 25.7 Å². The fraction of sp³-hybridized carbons (Fsp3) is 0.238. The first-order valence-electron chi connectivity index (χ1n) is 8.88. The van der Waals surface area contributed by atoms with Gasteiger partial charge in [0.1, 0.15) is 12.1 Å². The topological polar surface area (TPSA) is 105 Å². The molecule has 0 unspecified atom stereocenters. The number of nitrogens with one attached hydrogen (secondary N) is 1. The number of hydrogen-bond acceptors (Lipinski definition) is 5. The van der Waals surface area contributed by atoms with Crippen molar-refractivity contribution in [1.82, 2.24) is 9.88 Å². The lowest BCUT2D eigenvalue weighted by molar-refractivity contribution is -0.123. The van der Waals surface area contributed by atoms with Gasteiger partial charge < -0.3 is 24.5 Å². The first kappa shape index (κ1) is 19.6. The Labute approximate surface area is 161 Å². The number of fused-ring (bicyclic) bond motifs is 2. The summed E-state index contributed by atoms with van der Waals surface area (Å²) in [5.74, 6) is -0.360. The number of benzene rings is 1. The Morgan fingerprint density at radius 1 is 1.32 bits per heavy atom. The van der Waals surface area contributed by atoms with Crippen molar-refractivity contribution in [3.8, 4) is 0 Å². The van der Waals surface area contributed by atoms with Crippen molar-refractivity contribution in [2.75, 3.05) is 13.2 Å². The van der Waals surface area contributed by atoms with E-state index < -0.39 is 11.7 Å². The van der Waals surface area contributed by atoms with Crippen LogP contribution in [0.5, 0.6) is 0 Å². The summed E-state index contributed by atoms with van der Waals surface area (Å²) >= 11 is 0. The Balaban J connectivity index is 2.20. The largest absolute Gasteiger partial charge is 0.423 e. The van der Waals surface area contributed by atoms with E-state index >= 15 is 0 Å². The van der Waals surface area contributed by atoms with E-state index in [4.69, 9.17) is 4.42 Å². The molecule has 2 heterocycles. The summed E-state index contributed by atoms with van der Waals surface area (Å²) in [4.78, 5) is 24.1. The molecule has 0 aliphatic heterocycles. The molecule has 0 fully saturated rings. The zero-order valence-electron chi connectivity index (χ0n) is 15.5. The second kappa shape index (κ2) is 8.24. The van der Waals surface area contributed by atoms with Crippen LogP contribution < -0.4 is 10.9 Å². The van der Waals surface area contributed by atoms with Crippen LogP contribution in [0.1, 0.15) is 18.2 Å². The molecule has 0 aliphatic rings. The fourth-order valence-electron chi connectivity index (χ4n) is 3.25. The second-order valence-corrected chi connectivity index (χ2v) is 6.38. The molecule has 0 atom stereocenters. The van der Waals surface area contributed by atoms with Gasteiger partial charge in [-0.15, -0.1) is 0 Å². The van der Waals surface area contributed by atoms with Crippen molar-refractivity contribution in [3.05, 3.63) is 58.6 Å². The molecule has 2 aromatic heterocycles. The molecule has 0 spiro atoms. The predicted octanol–water partition coefficient (Wildman–Crippen LogP) is 1.89. The first-order chi connectivity index (χ1) is 13.5. The van der Waals surface area contributed by atoms with Crippen molar-refractivity contribution in [2.24, 2.45) is 0 Å². The van der Waals surface area contributed by atoms with Crippen LogP contribution in [0.15, 0.2) is 46.1 Å². The lowest BCUT2D eigenvalue weighted by Crippen LogP contribution is -2.41. The van der Waals surface area contributed by atoms with E-state index in [0.717, 1.165) is 22.0 Å². The number of aliphatic hydroxyl groups is 2. The maximum atomic E-state index is 12.5. The molecule has 0 saturated carbocycles. The van der Waals surface area contributed by atoms with Crippen LogP contribution in [-0.2, 0) is 11.3 Å². The molecule has 1 amide bonds. The number of carbonyl (C=O) groups excluding carboxylic acids is 1. The minimum atomic E-state index is -0.725. The zero-order valence-corrected chi connectivity index (χ0v) is 15.5. The molecule has 0 radical (unpaired) electrons. The van der Waals surface area contributed by atoms with Crippen LogP contribution in [-0.4, -0.2) is 39.9 Å². The highest BCUT2D eigenvalue weighted by Gasteiger charge is 2.18. The van der Waals surface area contributed by atoms with Crippen molar-refractivity contribution < 1.29 is 19.4 Å². The van der Waals surface area contributed by atoms with Gasteiger partial charge in [0.2, 0.25) is 5.91 Å². The third-order valence-corrected chi connectivity index (χ3v) is 4.52. The molecule has 7 heteroatoms. The van der Waals surface area contributed by atoms with E-state index in [9.17, 15) is 19.8 Å². The van der Waals surface area contributed by atoms with E-state index in [0.29, 0.717) is 11.1 Å². The quantitative estimate of drug-likeness (QED) is 0.541. The van der Waals surface area contributed by atoms with Gasteiger partial charge >= 0.3 is 5.63 Å². The third-order valence-electron chi connectivity index (χ3n) is 4.52. The molecule has 7 nitrogen and oxygen atoms in total. The fourth-order valence-corrected chi connectivity index (χ4v) is 3.25. The SMILES string of the molecule is C=Cc1c(/C=C\C)n(CC(=O)NC(CO)CO)c2cc3oc(=O)ccc3cc12. The normalized spacial score (nSPS) is 11.7. The second-order valence-electron chi connectivity index (χ2n) is 6.38. The minimum absolute atomic E-state index is 0.0386. The van der Waals surface area contributed by atoms with Gasteiger partial charge in [0.25, 0.3) is 0 Å². The lowest BCUT2D eigenvalue weighted by atomic mass is 10.1. The molecular formula is C21H22N2O5. The Bertz CT molecular complexity index is 1120. The first-order valence-corrected chi connectivity index (χ1v) is 8.88. The van der Waals surface area contributed by atoms with Gasteiger partial charge in [-0.05, 0) is 25.1 Å². The van der Waals surface area contributed by atoms with Crippen LogP contribution in [0.4, 0.5) is 0 Å². The molecule has 0 saturated heterocycles. The number of amides is 1. The van der Waals surface area contributed by atoms with Crippen LogP contribution in [0.3, 0.4) is 0 Å². The highest BCUT2D eigenvalue weighted by Crippen LogP contribution is 2.31. The van der Waals surface area contributed by atoms with Crippen LogP contribution in [0.25, 0.3) is 34.0 Å². The Morgan fingerprint density at radius 2 is 2.07 bits per heavy atom. The average Bonchev–Trinajstić information content (AvgIpc) is 2.96. The maximum absolute atomic E-state index is 12.5. The van der Waals surface area contributed by atoms with Gasteiger partial charge in [0.05, 0.1) is 24.8 Å². The number of carbonyl (C=O) groups is 1. The average molecular weight is 382 g/mol. The highest BCUT2D eigenvalue weighted by atomic mass is 16.4. The third kappa shape index (κ3) is 3.62. The van der Waals surface area contributed by atoms with Crippen molar-refractivity contribution in [2.45, 2.75) is 19.5 Å². The summed E-state index contributed by atoms with van der Waals surface area (Å²) in [6.07, 6.45) is 5.46. The van der Waals surface area contributed by atoms with E-state index in [1.807, 2.05) is 25.1 Å². The standard InChI is InChI=1S/C21H22N2O5/c1-3-5-17-15(4-2)16-8-13-6-7-21(27)28-19(13)9-18(16)23(17)10-20(26)22-14(11-24)12-25/h3-9,14,24-25H,2,10-12H2,1H3,(H,22,26)/b5-3-. The number of nitrogens with zero attached hydrogens (tertiary/aromatic N) is 1. The van der Waals surface area contributed by atoms with Gasteiger partial charge in [-0.25, -0.2) is 4.79 Å². The molecule has 0 aliphatic carbocycles. The minimum Gasteiger partial charge on any atom is -0.423 e. The van der Waals surface area contributed by atoms with Crippen molar-refractivity contribution in [1.29, 1.82) is 0 Å². The molecule has 146 valence electrons. The molecule has 1 aromatic carbocycles. The molecule has 28 heavy (non-hydrogen) atoms. The molecule has 3 rings (SSSR count). The molecule has 3 N–H and O–H groups in total. The Morgan fingerprint density at radius 3 is 2.71 bits per heavy atom. The predicted molar refractivity (Wildman–Crippen MR) is 109 cm³/mol. The van der Waals surface area contributed by atoms with Crippen molar-refractivity contribution >= 4 is 39.9 Å². The number of rotatable bonds is 7. The number of hydrogen-bond donors (Lipinski definition) is 3. The molecule has 0 bridgehead atoms. The Hall–Kier alpha value is -3.16. The monoisotopic (exact) mass is 382 g/mol. The van der Waals surface area contributed by atoms with Gasteiger partial charge in [-0.3, -0.25) is 4.79 Å². The summed E-state index contributed by atoms with van der Waals surface area (Å²) in [5.41, 5.74) is 2.32. The van der Waals surface area contributed by atoms with Crippen LogP contribution in [0, 0.1) is 0 Å². The summed E-state index contributed by atoms with van der Waals surface area (Å²) in [7, 11) is 0. The maximum Gasteiger partial charge on any atom is 0.336 e. The van der Waals surface area contributed by atoms with Crippen molar-refractivity contribution in [3.63, 3.8) is 0 Å². The Kier molecular flexibility index (Phi) is 5.77. The number of aromatic nitrogens is 1. The number of allylic oxidation sites excluding steroid dienone is 1.